The van der Waals surface area contributed by atoms with Crippen LogP contribution in [-0.2, 0) is 4.74 Å². The van der Waals surface area contributed by atoms with Crippen LogP contribution in [0.4, 0.5) is 11.5 Å². The third-order valence-corrected chi connectivity index (χ3v) is 3.98. The highest BCUT2D eigenvalue weighted by molar-refractivity contribution is 6.08. The number of fused-ring (bicyclic) bond motifs is 1. The highest BCUT2D eigenvalue weighted by Gasteiger charge is 2.23. The van der Waals surface area contributed by atoms with Crippen LogP contribution in [0.25, 0.3) is 11.1 Å². The number of nitrogens with one attached hydrogen (secondary N) is 1. The topological polar surface area (TPSA) is 77.2 Å². The lowest BCUT2D eigenvalue weighted by atomic mass is 10.0. The van der Waals surface area contributed by atoms with Gasteiger partial charge in [0.15, 0.2) is 0 Å². The van der Waals surface area contributed by atoms with Crippen LogP contribution in [-0.4, -0.2) is 22.5 Å². The summed E-state index contributed by atoms with van der Waals surface area (Å²) in [5, 5.41) is 3.78. The first-order valence-corrected chi connectivity index (χ1v) is 8.29. The van der Waals surface area contributed by atoms with Gasteiger partial charge in [-0.2, -0.15) is 0 Å². The van der Waals surface area contributed by atoms with Gasteiger partial charge in [-0.05, 0) is 37.5 Å². The maximum atomic E-state index is 12.3. The van der Waals surface area contributed by atoms with E-state index in [2.05, 4.69) is 41.3 Å². The Balaban J connectivity index is 2.02. The Kier molecular flexibility index (Phi) is 4.70. The van der Waals surface area contributed by atoms with Crippen LogP contribution in [0, 0.1) is 6.92 Å². The van der Waals surface area contributed by atoms with E-state index >= 15 is 0 Å². The molecule has 3 rings (SSSR count). The van der Waals surface area contributed by atoms with E-state index in [9.17, 15) is 4.79 Å². The Hall–Kier alpha value is -2.89. The fourth-order valence-corrected chi connectivity index (χ4v) is 2.68. The van der Waals surface area contributed by atoms with Gasteiger partial charge >= 0.3 is 5.97 Å². The molecule has 0 radical (unpaired) electrons. The Morgan fingerprint density at radius 3 is 2.60 bits per heavy atom. The molecule has 0 amide bonds. The molecule has 130 valence electrons. The molecule has 6 nitrogen and oxygen atoms in total. The molecule has 0 spiro atoms. The van der Waals surface area contributed by atoms with Crippen molar-refractivity contribution >= 4 is 28.6 Å². The minimum Gasteiger partial charge on any atom is -0.462 e. The van der Waals surface area contributed by atoms with Gasteiger partial charge in [0, 0.05) is 5.69 Å². The van der Waals surface area contributed by atoms with E-state index in [1.165, 1.54) is 11.9 Å². The molecule has 0 unspecified atom stereocenters. The van der Waals surface area contributed by atoms with Crippen molar-refractivity contribution in [2.45, 2.75) is 33.6 Å². The second-order valence-corrected chi connectivity index (χ2v) is 6.06. The van der Waals surface area contributed by atoms with E-state index in [1.54, 1.807) is 13.8 Å². The van der Waals surface area contributed by atoms with E-state index in [1.807, 2.05) is 12.1 Å². The second-order valence-electron chi connectivity index (χ2n) is 6.06. The molecule has 0 atom stereocenters. The SMILES string of the molecule is CCOC(=O)c1c(C)oc2ncnc(Nc3ccc(C(C)C)cc3)c12. The third-order valence-electron chi connectivity index (χ3n) is 3.98. The highest BCUT2D eigenvalue weighted by Crippen LogP contribution is 2.31. The van der Waals surface area contributed by atoms with E-state index in [0.717, 1.165) is 5.69 Å². The maximum absolute atomic E-state index is 12.3. The molecular formula is C19H21N3O3. The molecular weight excluding hydrogens is 318 g/mol. The van der Waals surface area contributed by atoms with Crippen molar-refractivity contribution in [1.29, 1.82) is 0 Å². The zero-order valence-electron chi connectivity index (χ0n) is 14.8. The molecule has 2 aromatic heterocycles. The van der Waals surface area contributed by atoms with E-state index < -0.39 is 5.97 Å². The number of benzene rings is 1. The summed E-state index contributed by atoms with van der Waals surface area (Å²) in [6.45, 7) is 8.07. The summed E-state index contributed by atoms with van der Waals surface area (Å²) in [5.74, 6) is 1.01. The summed E-state index contributed by atoms with van der Waals surface area (Å²) < 4.78 is 10.7. The lowest BCUT2D eigenvalue weighted by Gasteiger charge is -2.10. The molecule has 0 aliphatic carbocycles. The first-order chi connectivity index (χ1) is 12.0. The van der Waals surface area contributed by atoms with Crippen LogP contribution >= 0.6 is 0 Å². The van der Waals surface area contributed by atoms with Crippen molar-refractivity contribution in [2.24, 2.45) is 0 Å². The predicted octanol–water partition coefficient (Wildman–Crippen LogP) is 4.57. The Morgan fingerprint density at radius 2 is 1.96 bits per heavy atom. The van der Waals surface area contributed by atoms with Crippen LogP contribution in [0.2, 0.25) is 0 Å². The van der Waals surface area contributed by atoms with Crippen molar-refractivity contribution in [2.75, 3.05) is 11.9 Å². The third kappa shape index (κ3) is 3.33. The van der Waals surface area contributed by atoms with Gasteiger partial charge in [-0.3, -0.25) is 0 Å². The number of ether oxygens (including phenoxy) is 1. The van der Waals surface area contributed by atoms with Crippen LogP contribution in [0.1, 0.15) is 48.4 Å². The number of furan rings is 1. The molecule has 1 N–H and O–H groups in total. The molecule has 0 aliphatic rings. The number of rotatable bonds is 5. The summed E-state index contributed by atoms with van der Waals surface area (Å²) in [6.07, 6.45) is 1.41. The van der Waals surface area contributed by atoms with Gasteiger partial charge in [0.05, 0.1) is 12.0 Å². The van der Waals surface area contributed by atoms with Gasteiger partial charge in [-0.25, -0.2) is 14.8 Å². The zero-order valence-corrected chi connectivity index (χ0v) is 14.8. The molecule has 6 heteroatoms. The average molecular weight is 339 g/mol. The Morgan fingerprint density at radius 1 is 1.24 bits per heavy atom. The molecule has 0 fully saturated rings. The molecule has 1 aromatic carbocycles. The van der Waals surface area contributed by atoms with Crippen LogP contribution in [0.15, 0.2) is 35.0 Å². The standard InChI is InChI=1S/C19H21N3O3/c1-5-24-19(23)15-12(4)25-18-16(15)17(20-10-21-18)22-14-8-6-13(7-9-14)11(2)3/h6-11H,5H2,1-4H3,(H,20,21,22). The van der Waals surface area contributed by atoms with Gasteiger partial charge in [0.25, 0.3) is 0 Å². The van der Waals surface area contributed by atoms with Gasteiger partial charge in [0.2, 0.25) is 5.71 Å². The molecule has 0 saturated carbocycles. The summed E-state index contributed by atoms with van der Waals surface area (Å²) in [7, 11) is 0. The fourth-order valence-electron chi connectivity index (χ4n) is 2.68. The highest BCUT2D eigenvalue weighted by atomic mass is 16.5. The fraction of sp³-hybridized carbons (Fsp3) is 0.316. The number of carbonyl (C=O) groups is 1. The largest absolute Gasteiger partial charge is 0.462 e. The van der Waals surface area contributed by atoms with Crippen molar-refractivity contribution in [3.8, 4) is 0 Å². The number of carbonyl (C=O) groups excluding carboxylic acids is 1. The predicted molar refractivity (Wildman–Crippen MR) is 96.3 cm³/mol. The Labute approximate surface area is 146 Å². The van der Waals surface area contributed by atoms with Gasteiger partial charge in [0.1, 0.15) is 23.5 Å². The van der Waals surface area contributed by atoms with E-state index in [-0.39, 0.29) is 6.61 Å². The van der Waals surface area contributed by atoms with Crippen LogP contribution < -0.4 is 5.32 Å². The smallest absolute Gasteiger partial charge is 0.342 e. The first-order valence-electron chi connectivity index (χ1n) is 8.29. The summed E-state index contributed by atoms with van der Waals surface area (Å²) in [5.41, 5.74) is 2.85. The van der Waals surface area contributed by atoms with Gasteiger partial charge < -0.3 is 14.5 Å². The Bertz CT molecular complexity index is 898. The average Bonchev–Trinajstić information content (AvgIpc) is 2.92. The lowest BCUT2D eigenvalue weighted by Crippen LogP contribution is -2.06. The number of aromatic nitrogens is 2. The van der Waals surface area contributed by atoms with Crippen molar-refractivity contribution in [3.63, 3.8) is 0 Å². The number of anilines is 2. The summed E-state index contributed by atoms with van der Waals surface area (Å²) in [4.78, 5) is 20.7. The molecule has 3 aromatic rings. The monoisotopic (exact) mass is 339 g/mol. The van der Waals surface area contributed by atoms with Gasteiger partial charge in [-0.1, -0.05) is 26.0 Å². The van der Waals surface area contributed by atoms with Crippen LogP contribution in [0.5, 0.6) is 0 Å². The first kappa shape index (κ1) is 17.0. The van der Waals surface area contributed by atoms with Crippen LogP contribution in [0.3, 0.4) is 0 Å². The number of hydrogen-bond donors (Lipinski definition) is 1. The number of hydrogen-bond acceptors (Lipinski definition) is 6. The number of esters is 1. The van der Waals surface area contributed by atoms with E-state index in [4.69, 9.17) is 9.15 Å². The van der Waals surface area contributed by atoms with Crippen molar-refractivity contribution < 1.29 is 13.9 Å². The maximum Gasteiger partial charge on any atom is 0.342 e. The van der Waals surface area contributed by atoms with Crippen molar-refractivity contribution in [1.82, 2.24) is 9.97 Å². The van der Waals surface area contributed by atoms with Crippen molar-refractivity contribution in [3.05, 3.63) is 47.5 Å². The lowest BCUT2D eigenvalue weighted by molar-refractivity contribution is 0.0526. The molecule has 2 heterocycles. The molecule has 0 aliphatic heterocycles. The quantitative estimate of drug-likeness (QED) is 0.686. The molecule has 0 bridgehead atoms. The minimum absolute atomic E-state index is 0.290. The summed E-state index contributed by atoms with van der Waals surface area (Å²) >= 11 is 0. The minimum atomic E-state index is -0.438. The second kappa shape index (κ2) is 6.93. The number of nitrogens with zero attached hydrogens (tertiary/aromatic N) is 2. The molecule has 0 saturated heterocycles. The summed E-state index contributed by atoms with van der Waals surface area (Å²) in [6, 6.07) is 8.11. The number of aryl methyl sites for hydroxylation is 1. The van der Waals surface area contributed by atoms with Gasteiger partial charge in [-0.15, -0.1) is 0 Å². The zero-order chi connectivity index (χ0) is 18.0. The normalized spacial score (nSPS) is 11.1. The van der Waals surface area contributed by atoms with E-state index in [0.29, 0.717) is 34.2 Å². The molecule has 25 heavy (non-hydrogen) atoms.